The smallest absolute Gasteiger partial charge is 0.134 e. The average molecular weight is 249 g/mol. The Kier molecular flexibility index (Phi) is 4.30. The first-order valence-corrected chi connectivity index (χ1v) is 6.73. The number of rotatable bonds is 4. The molecule has 2 rings (SSSR count). The van der Waals surface area contributed by atoms with E-state index < -0.39 is 0 Å². The summed E-state index contributed by atoms with van der Waals surface area (Å²) >= 11 is 0. The lowest BCUT2D eigenvalue weighted by molar-refractivity contribution is 0.193. The van der Waals surface area contributed by atoms with Gasteiger partial charge in [-0.2, -0.15) is 0 Å². The molecule has 4 nitrogen and oxygen atoms in total. The summed E-state index contributed by atoms with van der Waals surface area (Å²) in [6, 6.07) is 0. The molecule has 0 radical (unpaired) electrons. The number of hydrogen-bond donors (Lipinski definition) is 1. The molecular weight excluding hydrogens is 226 g/mol. The highest BCUT2D eigenvalue weighted by Gasteiger charge is 2.22. The Bertz CT molecular complexity index is 390. The Morgan fingerprint density at radius 1 is 1.33 bits per heavy atom. The van der Waals surface area contributed by atoms with Crippen molar-refractivity contribution in [2.75, 3.05) is 19.8 Å². The number of aromatic nitrogens is 2. The minimum atomic E-state index is 0.378. The molecule has 4 heteroatoms. The van der Waals surface area contributed by atoms with Gasteiger partial charge in [-0.1, -0.05) is 6.92 Å². The Morgan fingerprint density at radius 3 is 2.50 bits per heavy atom. The van der Waals surface area contributed by atoms with E-state index in [1.54, 1.807) is 0 Å². The van der Waals surface area contributed by atoms with Gasteiger partial charge in [0.2, 0.25) is 0 Å². The molecule has 0 saturated carbocycles. The van der Waals surface area contributed by atoms with E-state index in [0.29, 0.717) is 18.4 Å². The van der Waals surface area contributed by atoms with Crippen LogP contribution in [0.1, 0.15) is 42.0 Å². The minimum Gasteiger partial charge on any atom is -0.381 e. The highest BCUT2D eigenvalue weighted by atomic mass is 16.5. The van der Waals surface area contributed by atoms with E-state index in [1.165, 1.54) is 5.56 Å². The predicted octanol–water partition coefficient (Wildman–Crippen LogP) is 1.73. The zero-order valence-electron chi connectivity index (χ0n) is 11.6. The van der Waals surface area contributed by atoms with Gasteiger partial charge in [0.05, 0.1) is 6.61 Å². The second-order valence-electron chi connectivity index (χ2n) is 5.34. The van der Waals surface area contributed by atoms with Crippen LogP contribution in [0.3, 0.4) is 0 Å². The fourth-order valence-electron chi connectivity index (χ4n) is 2.41. The lowest BCUT2D eigenvalue weighted by Crippen LogP contribution is -2.16. The van der Waals surface area contributed by atoms with Crippen LogP contribution in [0.2, 0.25) is 0 Å². The van der Waals surface area contributed by atoms with Crippen LogP contribution in [0, 0.1) is 19.8 Å². The maximum absolute atomic E-state index is 5.69. The zero-order valence-corrected chi connectivity index (χ0v) is 11.6. The van der Waals surface area contributed by atoms with Crippen molar-refractivity contribution in [3.8, 4) is 0 Å². The first-order valence-electron chi connectivity index (χ1n) is 6.73. The van der Waals surface area contributed by atoms with Crippen molar-refractivity contribution in [3.05, 3.63) is 22.8 Å². The van der Waals surface area contributed by atoms with Crippen LogP contribution < -0.4 is 5.73 Å². The minimum absolute atomic E-state index is 0.378. The van der Waals surface area contributed by atoms with Gasteiger partial charge in [0.1, 0.15) is 5.82 Å². The van der Waals surface area contributed by atoms with Gasteiger partial charge in [0, 0.05) is 23.9 Å². The van der Waals surface area contributed by atoms with Crippen LogP contribution in [-0.4, -0.2) is 29.7 Å². The average Bonchev–Trinajstić information content (AvgIpc) is 2.87. The SMILES string of the molecule is Cc1nc(C2CCOC2)nc(C)c1CC(C)CN. The maximum Gasteiger partial charge on any atom is 0.134 e. The topological polar surface area (TPSA) is 61.0 Å². The number of aryl methyl sites for hydroxylation is 2. The molecule has 2 unspecified atom stereocenters. The molecule has 1 saturated heterocycles. The molecule has 2 heterocycles. The van der Waals surface area contributed by atoms with Gasteiger partial charge >= 0.3 is 0 Å². The molecule has 0 aromatic carbocycles. The quantitative estimate of drug-likeness (QED) is 0.883. The molecule has 1 aliphatic heterocycles. The van der Waals surface area contributed by atoms with Crippen molar-refractivity contribution in [2.45, 2.75) is 39.5 Å². The van der Waals surface area contributed by atoms with Gasteiger partial charge < -0.3 is 10.5 Å². The van der Waals surface area contributed by atoms with E-state index in [0.717, 1.165) is 43.3 Å². The van der Waals surface area contributed by atoms with E-state index in [2.05, 4.69) is 30.7 Å². The molecular formula is C14H23N3O. The molecule has 1 aromatic heterocycles. The van der Waals surface area contributed by atoms with Gasteiger partial charge in [-0.15, -0.1) is 0 Å². The molecule has 2 N–H and O–H groups in total. The van der Waals surface area contributed by atoms with E-state index in [4.69, 9.17) is 10.5 Å². The highest BCUT2D eigenvalue weighted by molar-refractivity contribution is 5.26. The third kappa shape index (κ3) is 2.87. The van der Waals surface area contributed by atoms with Gasteiger partial charge in [0.25, 0.3) is 0 Å². The van der Waals surface area contributed by atoms with Crippen LogP contribution >= 0.6 is 0 Å². The molecule has 1 aliphatic rings. The van der Waals surface area contributed by atoms with Crippen molar-refractivity contribution in [1.82, 2.24) is 9.97 Å². The monoisotopic (exact) mass is 249 g/mol. The van der Waals surface area contributed by atoms with Crippen molar-refractivity contribution < 1.29 is 4.74 Å². The summed E-state index contributed by atoms with van der Waals surface area (Å²) in [5.41, 5.74) is 9.16. The number of nitrogens with zero attached hydrogens (tertiary/aromatic N) is 2. The van der Waals surface area contributed by atoms with Crippen molar-refractivity contribution in [2.24, 2.45) is 11.7 Å². The third-order valence-electron chi connectivity index (χ3n) is 3.69. The molecule has 0 spiro atoms. The molecule has 0 bridgehead atoms. The first-order chi connectivity index (χ1) is 8.61. The summed E-state index contributed by atoms with van der Waals surface area (Å²) in [6.45, 7) is 8.61. The standard InChI is InChI=1S/C14H23N3O/c1-9(7-15)6-13-10(2)16-14(17-11(13)3)12-4-5-18-8-12/h9,12H,4-8,15H2,1-3H3. The van der Waals surface area contributed by atoms with Gasteiger partial charge in [0.15, 0.2) is 0 Å². The van der Waals surface area contributed by atoms with Crippen molar-refractivity contribution in [3.63, 3.8) is 0 Å². The first kappa shape index (κ1) is 13.4. The normalized spacial score (nSPS) is 21.2. The fourth-order valence-corrected chi connectivity index (χ4v) is 2.41. The summed E-state index contributed by atoms with van der Waals surface area (Å²) in [4.78, 5) is 9.34. The van der Waals surface area contributed by atoms with Gasteiger partial charge in [-0.25, -0.2) is 9.97 Å². The second kappa shape index (κ2) is 5.76. The van der Waals surface area contributed by atoms with Crippen LogP contribution in [0.5, 0.6) is 0 Å². The van der Waals surface area contributed by atoms with E-state index in [9.17, 15) is 0 Å². The van der Waals surface area contributed by atoms with Crippen LogP contribution in [-0.2, 0) is 11.2 Å². The summed E-state index contributed by atoms with van der Waals surface area (Å²) in [7, 11) is 0. The Morgan fingerprint density at radius 2 is 2.00 bits per heavy atom. The predicted molar refractivity (Wildman–Crippen MR) is 71.6 cm³/mol. The third-order valence-corrected chi connectivity index (χ3v) is 3.69. The molecule has 1 aromatic rings. The largest absolute Gasteiger partial charge is 0.381 e. The summed E-state index contributed by atoms with van der Waals surface area (Å²) in [6.07, 6.45) is 2.01. The molecule has 18 heavy (non-hydrogen) atoms. The molecule has 0 amide bonds. The zero-order chi connectivity index (χ0) is 13.1. The van der Waals surface area contributed by atoms with Crippen LogP contribution in [0.25, 0.3) is 0 Å². The number of ether oxygens (including phenoxy) is 1. The molecule has 2 atom stereocenters. The Labute approximate surface area is 109 Å². The van der Waals surface area contributed by atoms with Crippen molar-refractivity contribution in [1.29, 1.82) is 0 Å². The van der Waals surface area contributed by atoms with Gasteiger partial charge in [-0.05, 0) is 44.7 Å². The maximum atomic E-state index is 5.69. The summed E-state index contributed by atoms with van der Waals surface area (Å²) in [5, 5.41) is 0. The van der Waals surface area contributed by atoms with Crippen LogP contribution in [0.15, 0.2) is 0 Å². The number of nitrogens with two attached hydrogens (primary N) is 1. The lowest BCUT2D eigenvalue weighted by Gasteiger charge is -2.15. The number of hydrogen-bond acceptors (Lipinski definition) is 4. The Hall–Kier alpha value is -1.00. The summed E-state index contributed by atoms with van der Waals surface area (Å²) < 4.78 is 5.41. The van der Waals surface area contributed by atoms with E-state index in [1.807, 2.05) is 0 Å². The fraction of sp³-hybridized carbons (Fsp3) is 0.714. The van der Waals surface area contributed by atoms with E-state index in [-0.39, 0.29) is 0 Å². The van der Waals surface area contributed by atoms with Crippen molar-refractivity contribution >= 4 is 0 Å². The highest BCUT2D eigenvalue weighted by Crippen LogP contribution is 2.24. The lowest BCUT2D eigenvalue weighted by atomic mass is 9.98. The van der Waals surface area contributed by atoms with E-state index >= 15 is 0 Å². The van der Waals surface area contributed by atoms with Crippen LogP contribution in [0.4, 0.5) is 0 Å². The van der Waals surface area contributed by atoms with Gasteiger partial charge in [-0.3, -0.25) is 0 Å². The summed E-state index contributed by atoms with van der Waals surface area (Å²) in [5.74, 6) is 1.81. The molecule has 0 aliphatic carbocycles. The Balaban J connectivity index is 2.22. The second-order valence-corrected chi connectivity index (χ2v) is 5.34. The molecule has 100 valence electrons. The molecule has 1 fully saturated rings.